The van der Waals surface area contributed by atoms with E-state index in [9.17, 15) is 0 Å². The second-order valence-electron chi connectivity index (χ2n) is 4.50. The van der Waals surface area contributed by atoms with Crippen molar-refractivity contribution in [1.82, 2.24) is 15.0 Å². The van der Waals surface area contributed by atoms with Gasteiger partial charge in [-0.3, -0.25) is 0 Å². The zero-order chi connectivity index (χ0) is 13.9. The van der Waals surface area contributed by atoms with Crippen LogP contribution in [0.5, 0.6) is 0 Å². The lowest BCUT2D eigenvalue weighted by Gasteiger charge is -2.26. The number of hydrogen-bond donors (Lipinski definition) is 0. The zero-order valence-corrected chi connectivity index (χ0v) is 12.1. The van der Waals surface area contributed by atoms with Crippen molar-refractivity contribution in [2.24, 2.45) is 0 Å². The van der Waals surface area contributed by atoms with Crippen LogP contribution in [0.1, 0.15) is 12.0 Å². The van der Waals surface area contributed by atoms with Crippen molar-refractivity contribution in [2.45, 2.75) is 6.42 Å². The van der Waals surface area contributed by atoms with Crippen LogP contribution in [0.3, 0.4) is 0 Å². The van der Waals surface area contributed by atoms with Crippen molar-refractivity contribution in [2.75, 3.05) is 18.0 Å². The quantitative estimate of drug-likeness (QED) is 0.797. The van der Waals surface area contributed by atoms with Crippen LogP contribution in [0.25, 0.3) is 5.57 Å². The monoisotopic (exact) mass is 306 g/mol. The second-order valence-corrected chi connectivity index (χ2v) is 5.32. The molecule has 0 amide bonds. The van der Waals surface area contributed by atoms with Crippen LogP contribution >= 0.6 is 23.2 Å². The fourth-order valence-corrected chi connectivity index (χ4v) is 2.36. The van der Waals surface area contributed by atoms with E-state index in [1.165, 1.54) is 5.57 Å². The molecule has 0 spiro atoms. The predicted octanol–water partition coefficient (Wildman–Crippen LogP) is 3.47. The molecule has 6 heteroatoms. The van der Waals surface area contributed by atoms with Gasteiger partial charge in [-0.1, -0.05) is 35.3 Å². The molecule has 0 unspecified atom stereocenters. The normalized spacial score (nSPS) is 15.1. The molecule has 2 aromatic heterocycles. The molecule has 0 aromatic carbocycles. The van der Waals surface area contributed by atoms with Gasteiger partial charge >= 0.3 is 0 Å². The summed E-state index contributed by atoms with van der Waals surface area (Å²) in [6.45, 7) is 1.65. The van der Waals surface area contributed by atoms with E-state index in [0.717, 1.165) is 25.1 Å². The molecule has 2 aromatic rings. The Kier molecular flexibility index (Phi) is 3.85. The summed E-state index contributed by atoms with van der Waals surface area (Å²) >= 11 is 11.6. The molecule has 4 nitrogen and oxygen atoms in total. The number of nitrogens with zero attached hydrogens (tertiary/aromatic N) is 4. The second kappa shape index (κ2) is 5.77. The van der Waals surface area contributed by atoms with E-state index < -0.39 is 0 Å². The largest absolute Gasteiger partial charge is 0.337 e. The minimum atomic E-state index is 0.515. The van der Waals surface area contributed by atoms with Crippen molar-refractivity contribution in [1.29, 1.82) is 0 Å². The molecular formula is C14H12Cl2N4. The first-order valence-electron chi connectivity index (χ1n) is 6.26. The lowest BCUT2D eigenvalue weighted by atomic mass is 10.0. The Labute approximate surface area is 127 Å². The molecule has 0 aliphatic carbocycles. The van der Waals surface area contributed by atoms with Gasteiger partial charge in [0.05, 0.1) is 17.4 Å². The zero-order valence-electron chi connectivity index (χ0n) is 10.6. The Morgan fingerprint density at radius 1 is 1.00 bits per heavy atom. The average Bonchev–Trinajstić information content (AvgIpc) is 2.49. The van der Waals surface area contributed by atoms with Gasteiger partial charge < -0.3 is 4.90 Å². The van der Waals surface area contributed by atoms with Crippen molar-refractivity contribution >= 4 is 34.7 Å². The van der Waals surface area contributed by atoms with Gasteiger partial charge in [-0.2, -0.15) is 0 Å². The van der Waals surface area contributed by atoms with Crippen molar-refractivity contribution in [3.63, 3.8) is 0 Å². The molecular weight excluding hydrogens is 295 g/mol. The minimum Gasteiger partial charge on any atom is -0.337 e. The average molecular weight is 307 g/mol. The minimum absolute atomic E-state index is 0.515. The molecule has 3 rings (SSSR count). The molecule has 20 heavy (non-hydrogen) atoms. The Morgan fingerprint density at radius 2 is 1.80 bits per heavy atom. The van der Waals surface area contributed by atoms with Gasteiger partial charge in [-0.05, 0) is 23.6 Å². The molecule has 0 fully saturated rings. The van der Waals surface area contributed by atoms with Gasteiger partial charge in [0.1, 0.15) is 5.15 Å². The topological polar surface area (TPSA) is 41.9 Å². The van der Waals surface area contributed by atoms with Gasteiger partial charge in [0.2, 0.25) is 5.95 Å². The van der Waals surface area contributed by atoms with E-state index in [1.807, 2.05) is 18.3 Å². The fraction of sp³-hybridized carbons (Fsp3) is 0.214. The molecule has 0 atom stereocenters. The number of halogens is 2. The molecule has 0 N–H and O–H groups in total. The van der Waals surface area contributed by atoms with E-state index in [1.54, 1.807) is 12.4 Å². The maximum absolute atomic E-state index is 5.80. The van der Waals surface area contributed by atoms with Crippen molar-refractivity contribution < 1.29 is 0 Å². The van der Waals surface area contributed by atoms with Crippen LogP contribution in [-0.4, -0.2) is 28.0 Å². The van der Waals surface area contributed by atoms with E-state index in [0.29, 0.717) is 16.1 Å². The highest BCUT2D eigenvalue weighted by molar-refractivity contribution is 6.30. The first-order chi connectivity index (χ1) is 9.72. The third kappa shape index (κ3) is 2.92. The van der Waals surface area contributed by atoms with Crippen molar-refractivity contribution in [3.05, 3.63) is 52.5 Å². The molecule has 1 aliphatic heterocycles. The summed E-state index contributed by atoms with van der Waals surface area (Å²) in [6.07, 6.45) is 8.14. The summed E-state index contributed by atoms with van der Waals surface area (Å²) in [4.78, 5) is 14.7. The number of pyridine rings is 1. The molecule has 0 saturated heterocycles. The third-order valence-corrected chi connectivity index (χ3v) is 3.62. The van der Waals surface area contributed by atoms with Gasteiger partial charge in [0.25, 0.3) is 0 Å². The molecule has 0 radical (unpaired) electrons. The van der Waals surface area contributed by atoms with Crippen LogP contribution in [0.4, 0.5) is 5.95 Å². The molecule has 1 aliphatic rings. The fourth-order valence-electron chi connectivity index (χ4n) is 2.15. The summed E-state index contributed by atoms with van der Waals surface area (Å²) in [5, 5.41) is 1.07. The smallest absolute Gasteiger partial charge is 0.225 e. The number of rotatable bonds is 2. The van der Waals surface area contributed by atoms with Crippen LogP contribution in [0.2, 0.25) is 10.2 Å². The lowest BCUT2D eigenvalue weighted by molar-refractivity contribution is 0.796. The van der Waals surface area contributed by atoms with Gasteiger partial charge in [0.15, 0.2) is 0 Å². The molecule has 0 bridgehead atoms. The summed E-state index contributed by atoms with van der Waals surface area (Å²) in [6, 6.07) is 3.81. The molecule has 3 heterocycles. The Balaban J connectivity index is 1.74. The van der Waals surface area contributed by atoms with Crippen LogP contribution in [0, 0.1) is 0 Å². The third-order valence-electron chi connectivity index (χ3n) is 3.20. The molecule has 102 valence electrons. The summed E-state index contributed by atoms with van der Waals surface area (Å²) in [5.41, 5.74) is 2.39. The number of hydrogen-bond acceptors (Lipinski definition) is 4. The first kappa shape index (κ1) is 13.3. The van der Waals surface area contributed by atoms with Crippen LogP contribution in [-0.2, 0) is 0 Å². The lowest BCUT2D eigenvalue weighted by Crippen LogP contribution is -2.29. The predicted molar refractivity (Wildman–Crippen MR) is 81.1 cm³/mol. The maximum Gasteiger partial charge on any atom is 0.225 e. The number of anilines is 1. The Morgan fingerprint density at radius 3 is 2.40 bits per heavy atom. The molecule has 0 saturated carbocycles. The van der Waals surface area contributed by atoms with E-state index in [2.05, 4.69) is 25.9 Å². The highest BCUT2D eigenvalue weighted by Crippen LogP contribution is 2.24. The highest BCUT2D eigenvalue weighted by atomic mass is 35.5. The van der Waals surface area contributed by atoms with Crippen molar-refractivity contribution in [3.8, 4) is 0 Å². The standard InChI is InChI=1S/C14H12Cl2N4/c15-12-8-18-14(19-9-12)20-5-3-10(4-6-20)11-1-2-13(16)17-7-11/h1-3,7-9H,4-6H2. The summed E-state index contributed by atoms with van der Waals surface area (Å²) in [5.74, 6) is 0.707. The van der Waals surface area contributed by atoms with Crippen LogP contribution in [0.15, 0.2) is 36.8 Å². The Hall–Kier alpha value is -1.65. The SMILES string of the molecule is Clc1cnc(N2CC=C(c3ccc(Cl)nc3)CC2)nc1. The number of aromatic nitrogens is 3. The van der Waals surface area contributed by atoms with E-state index in [-0.39, 0.29) is 0 Å². The van der Waals surface area contributed by atoms with Gasteiger partial charge in [-0.25, -0.2) is 15.0 Å². The van der Waals surface area contributed by atoms with Gasteiger partial charge in [0, 0.05) is 19.3 Å². The van der Waals surface area contributed by atoms with E-state index in [4.69, 9.17) is 23.2 Å². The summed E-state index contributed by atoms with van der Waals surface area (Å²) in [7, 11) is 0. The van der Waals surface area contributed by atoms with Crippen LogP contribution < -0.4 is 4.90 Å². The summed E-state index contributed by atoms with van der Waals surface area (Å²) < 4.78 is 0. The maximum atomic E-state index is 5.80. The van der Waals surface area contributed by atoms with Gasteiger partial charge in [-0.15, -0.1) is 0 Å². The Bertz CT molecular complexity index is 623. The van der Waals surface area contributed by atoms with E-state index >= 15 is 0 Å². The highest BCUT2D eigenvalue weighted by Gasteiger charge is 2.15. The first-order valence-corrected chi connectivity index (χ1v) is 7.01.